The Labute approximate surface area is 122 Å². The lowest BCUT2D eigenvalue weighted by Crippen LogP contribution is -2.33. The van der Waals surface area contributed by atoms with Crippen molar-refractivity contribution in [3.05, 3.63) is 29.8 Å². The Morgan fingerprint density at radius 2 is 1.50 bits per heavy atom. The Balaban J connectivity index is 2.61. The zero-order valence-corrected chi connectivity index (χ0v) is 13.0. The van der Waals surface area contributed by atoms with E-state index >= 15 is 0 Å². The number of hydrogen-bond donors (Lipinski definition) is 1. The van der Waals surface area contributed by atoms with E-state index in [2.05, 4.69) is 24.0 Å². The predicted octanol–water partition coefficient (Wildman–Crippen LogP) is 2.70. The third-order valence-corrected chi connectivity index (χ3v) is 3.42. The first kappa shape index (κ1) is 17.0. The summed E-state index contributed by atoms with van der Waals surface area (Å²) in [7, 11) is 0. The van der Waals surface area contributed by atoms with Crippen LogP contribution in [-0.4, -0.2) is 44.4 Å². The van der Waals surface area contributed by atoms with Crippen LogP contribution in [0.3, 0.4) is 0 Å². The van der Waals surface area contributed by atoms with Crippen LogP contribution in [0.2, 0.25) is 0 Å². The second-order valence-electron chi connectivity index (χ2n) is 4.77. The van der Waals surface area contributed by atoms with Gasteiger partial charge in [-0.3, -0.25) is 4.90 Å². The highest BCUT2D eigenvalue weighted by atomic mass is 16.5. The van der Waals surface area contributed by atoms with Gasteiger partial charge in [0.05, 0.1) is 13.2 Å². The first-order chi connectivity index (χ1) is 9.69. The molecule has 4 nitrogen and oxygen atoms in total. The van der Waals surface area contributed by atoms with Crippen LogP contribution in [0.1, 0.15) is 32.4 Å². The third-order valence-electron chi connectivity index (χ3n) is 3.42. The second kappa shape index (κ2) is 9.75. The van der Waals surface area contributed by atoms with Gasteiger partial charge in [0.2, 0.25) is 0 Å². The molecule has 0 aromatic heterocycles. The molecule has 0 spiro atoms. The Bertz CT molecular complexity index is 344. The number of nitrogens with two attached hydrogens (primary N) is 1. The average Bonchev–Trinajstić information content (AvgIpc) is 2.46. The normalized spacial score (nSPS) is 12.8. The van der Waals surface area contributed by atoms with Crippen molar-refractivity contribution in [1.82, 2.24) is 4.90 Å². The zero-order valence-electron chi connectivity index (χ0n) is 13.0. The maximum atomic E-state index is 5.75. The molecule has 4 heteroatoms. The van der Waals surface area contributed by atoms with E-state index < -0.39 is 0 Å². The fraction of sp³-hybridized carbons (Fsp3) is 0.625. The molecule has 0 heterocycles. The largest absolute Gasteiger partial charge is 0.399 e. The summed E-state index contributed by atoms with van der Waals surface area (Å²) < 4.78 is 10.9. The van der Waals surface area contributed by atoms with Gasteiger partial charge < -0.3 is 15.2 Å². The molecular formula is C16H28N2O2. The van der Waals surface area contributed by atoms with Crippen molar-refractivity contribution in [2.24, 2.45) is 0 Å². The van der Waals surface area contributed by atoms with Crippen LogP contribution in [0.5, 0.6) is 0 Å². The fourth-order valence-corrected chi connectivity index (χ4v) is 2.14. The van der Waals surface area contributed by atoms with E-state index in [9.17, 15) is 0 Å². The summed E-state index contributed by atoms with van der Waals surface area (Å²) in [5.74, 6) is 0. The number of rotatable bonds is 10. The molecule has 2 N–H and O–H groups in total. The molecule has 0 aliphatic heterocycles. The lowest BCUT2D eigenvalue weighted by molar-refractivity contribution is 0.0661. The summed E-state index contributed by atoms with van der Waals surface area (Å²) in [5, 5.41) is 0. The summed E-state index contributed by atoms with van der Waals surface area (Å²) in [4.78, 5) is 2.39. The van der Waals surface area contributed by atoms with Gasteiger partial charge in [0.1, 0.15) is 0 Å². The predicted molar refractivity (Wildman–Crippen MR) is 83.8 cm³/mol. The van der Waals surface area contributed by atoms with Crippen LogP contribution in [0, 0.1) is 0 Å². The molecule has 1 aromatic carbocycles. The Morgan fingerprint density at radius 3 is 1.95 bits per heavy atom. The molecule has 0 aliphatic carbocycles. The summed E-state index contributed by atoms with van der Waals surface area (Å²) in [6.45, 7) is 11.1. The number of anilines is 1. The number of nitrogens with zero attached hydrogens (tertiary/aromatic N) is 1. The van der Waals surface area contributed by atoms with E-state index in [0.717, 1.165) is 45.2 Å². The summed E-state index contributed by atoms with van der Waals surface area (Å²) in [6, 6.07) is 8.42. The van der Waals surface area contributed by atoms with Crippen LogP contribution in [0.4, 0.5) is 5.69 Å². The van der Waals surface area contributed by atoms with Crippen molar-refractivity contribution in [3.8, 4) is 0 Å². The van der Waals surface area contributed by atoms with Gasteiger partial charge in [-0.15, -0.1) is 0 Å². The van der Waals surface area contributed by atoms with Crippen molar-refractivity contribution in [1.29, 1.82) is 0 Å². The van der Waals surface area contributed by atoms with Crippen LogP contribution in [-0.2, 0) is 9.47 Å². The SMILES string of the molecule is CCOCCN(CCOCC)C(C)c1ccc(N)cc1. The van der Waals surface area contributed by atoms with Gasteiger partial charge in [0.25, 0.3) is 0 Å². The van der Waals surface area contributed by atoms with Crippen LogP contribution >= 0.6 is 0 Å². The lowest BCUT2D eigenvalue weighted by atomic mass is 10.1. The van der Waals surface area contributed by atoms with E-state index in [-0.39, 0.29) is 0 Å². The standard InChI is InChI=1S/C16H28N2O2/c1-4-19-12-10-18(11-13-20-5-2)14(3)15-6-8-16(17)9-7-15/h6-9,14H,4-5,10-13,17H2,1-3H3. The maximum absolute atomic E-state index is 5.75. The monoisotopic (exact) mass is 280 g/mol. The molecule has 20 heavy (non-hydrogen) atoms. The van der Waals surface area contributed by atoms with Crippen molar-refractivity contribution >= 4 is 5.69 Å². The van der Waals surface area contributed by atoms with Gasteiger partial charge in [-0.25, -0.2) is 0 Å². The van der Waals surface area contributed by atoms with Crippen molar-refractivity contribution in [2.45, 2.75) is 26.8 Å². The Hall–Kier alpha value is -1.10. The maximum Gasteiger partial charge on any atom is 0.0593 e. The van der Waals surface area contributed by atoms with Crippen molar-refractivity contribution in [3.63, 3.8) is 0 Å². The molecule has 0 bridgehead atoms. The number of hydrogen-bond acceptors (Lipinski definition) is 4. The molecule has 1 rings (SSSR count). The summed E-state index contributed by atoms with van der Waals surface area (Å²) >= 11 is 0. The van der Waals surface area contributed by atoms with Gasteiger partial charge in [0, 0.05) is 38.0 Å². The minimum absolute atomic E-state index is 0.330. The average molecular weight is 280 g/mol. The van der Waals surface area contributed by atoms with Gasteiger partial charge >= 0.3 is 0 Å². The van der Waals surface area contributed by atoms with Crippen molar-refractivity contribution in [2.75, 3.05) is 45.3 Å². The zero-order chi connectivity index (χ0) is 14.8. The quantitative estimate of drug-likeness (QED) is 0.529. The first-order valence-corrected chi connectivity index (χ1v) is 7.44. The van der Waals surface area contributed by atoms with Gasteiger partial charge in [-0.05, 0) is 38.5 Å². The topological polar surface area (TPSA) is 47.7 Å². The molecule has 1 aromatic rings. The van der Waals surface area contributed by atoms with E-state index in [1.165, 1.54) is 5.56 Å². The highest BCUT2D eigenvalue weighted by molar-refractivity contribution is 5.40. The van der Waals surface area contributed by atoms with Crippen molar-refractivity contribution < 1.29 is 9.47 Å². The highest BCUT2D eigenvalue weighted by Gasteiger charge is 2.15. The smallest absolute Gasteiger partial charge is 0.0593 e. The molecule has 0 amide bonds. The van der Waals surface area contributed by atoms with Gasteiger partial charge in [0.15, 0.2) is 0 Å². The van der Waals surface area contributed by atoms with E-state index in [4.69, 9.17) is 15.2 Å². The molecule has 1 atom stereocenters. The third kappa shape index (κ3) is 5.90. The molecule has 0 radical (unpaired) electrons. The molecule has 0 aliphatic rings. The molecule has 0 saturated heterocycles. The summed E-state index contributed by atoms with van der Waals surface area (Å²) in [5.41, 5.74) is 7.82. The van der Waals surface area contributed by atoms with E-state index in [1.54, 1.807) is 0 Å². The summed E-state index contributed by atoms with van der Waals surface area (Å²) in [6.07, 6.45) is 0. The Kier molecular flexibility index (Phi) is 8.26. The van der Waals surface area contributed by atoms with Crippen LogP contribution in [0.15, 0.2) is 24.3 Å². The highest BCUT2D eigenvalue weighted by Crippen LogP contribution is 2.20. The number of benzene rings is 1. The van der Waals surface area contributed by atoms with E-state index in [0.29, 0.717) is 6.04 Å². The molecular weight excluding hydrogens is 252 g/mol. The van der Waals surface area contributed by atoms with Gasteiger partial charge in [-0.1, -0.05) is 12.1 Å². The number of ether oxygens (including phenoxy) is 2. The molecule has 0 saturated carbocycles. The van der Waals surface area contributed by atoms with Crippen LogP contribution < -0.4 is 5.73 Å². The van der Waals surface area contributed by atoms with Crippen LogP contribution in [0.25, 0.3) is 0 Å². The van der Waals surface area contributed by atoms with E-state index in [1.807, 2.05) is 26.0 Å². The number of nitrogen functional groups attached to an aromatic ring is 1. The first-order valence-electron chi connectivity index (χ1n) is 7.44. The minimum atomic E-state index is 0.330. The second-order valence-corrected chi connectivity index (χ2v) is 4.77. The molecule has 114 valence electrons. The lowest BCUT2D eigenvalue weighted by Gasteiger charge is -2.29. The fourth-order valence-electron chi connectivity index (χ4n) is 2.14. The molecule has 0 fully saturated rings. The molecule has 1 unspecified atom stereocenters. The van der Waals surface area contributed by atoms with Gasteiger partial charge in [-0.2, -0.15) is 0 Å². The Morgan fingerprint density at radius 1 is 1.00 bits per heavy atom. The minimum Gasteiger partial charge on any atom is -0.399 e.